The number of hydrogen-bond donors (Lipinski definition) is 1. The van der Waals surface area contributed by atoms with Gasteiger partial charge in [-0.25, -0.2) is 0 Å². The summed E-state index contributed by atoms with van der Waals surface area (Å²) >= 11 is 0. The molecule has 0 aliphatic heterocycles. The summed E-state index contributed by atoms with van der Waals surface area (Å²) in [6.07, 6.45) is 2.85. The number of hydrogen-bond acceptors (Lipinski definition) is 1. The lowest BCUT2D eigenvalue weighted by atomic mass is 9.94. The van der Waals surface area contributed by atoms with E-state index in [4.69, 9.17) is 0 Å². The summed E-state index contributed by atoms with van der Waals surface area (Å²) in [5, 5.41) is 9.75. The molecule has 15 heavy (non-hydrogen) atoms. The molecule has 1 aromatic carbocycles. The normalized spacial score (nSPS) is 12.5. The predicted octanol–water partition coefficient (Wildman–Crippen LogP) is 3.09. The summed E-state index contributed by atoms with van der Waals surface area (Å²) in [5.41, 5.74) is 5.10. The van der Waals surface area contributed by atoms with E-state index in [2.05, 4.69) is 39.5 Å². The predicted molar refractivity (Wildman–Crippen MR) is 65.2 cm³/mol. The first-order valence-corrected chi connectivity index (χ1v) is 5.40. The minimum Gasteiger partial charge on any atom is -0.392 e. The molecule has 1 unspecified atom stereocenters. The average molecular weight is 204 g/mol. The minimum atomic E-state index is -0.303. The Morgan fingerprint density at radius 1 is 1.27 bits per heavy atom. The Labute approximate surface area is 92.5 Å². The van der Waals surface area contributed by atoms with Crippen molar-refractivity contribution in [3.05, 3.63) is 47.0 Å². The van der Waals surface area contributed by atoms with E-state index in [0.29, 0.717) is 6.42 Å². The van der Waals surface area contributed by atoms with Crippen LogP contribution in [0.3, 0.4) is 0 Å². The molecule has 0 amide bonds. The molecule has 0 radical (unpaired) electrons. The fourth-order valence-corrected chi connectivity index (χ4v) is 2.04. The van der Waals surface area contributed by atoms with Crippen molar-refractivity contribution in [2.75, 3.05) is 0 Å². The second kappa shape index (κ2) is 5.13. The van der Waals surface area contributed by atoms with Crippen LogP contribution in [-0.4, -0.2) is 11.2 Å². The van der Waals surface area contributed by atoms with E-state index < -0.39 is 0 Å². The third-order valence-electron chi connectivity index (χ3n) is 2.72. The van der Waals surface area contributed by atoms with Gasteiger partial charge in [0, 0.05) is 0 Å². The number of aliphatic hydroxyl groups excluding tert-OH is 1. The quantitative estimate of drug-likeness (QED) is 0.747. The topological polar surface area (TPSA) is 20.2 Å². The summed E-state index contributed by atoms with van der Waals surface area (Å²) in [4.78, 5) is 0. The maximum absolute atomic E-state index is 9.75. The highest BCUT2D eigenvalue weighted by atomic mass is 16.3. The Bertz CT molecular complexity index is 329. The van der Waals surface area contributed by atoms with E-state index in [9.17, 15) is 5.11 Å². The van der Waals surface area contributed by atoms with Crippen LogP contribution < -0.4 is 0 Å². The van der Waals surface area contributed by atoms with Gasteiger partial charge < -0.3 is 5.11 Å². The van der Waals surface area contributed by atoms with Gasteiger partial charge in [-0.3, -0.25) is 0 Å². The molecule has 1 nitrogen and oxygen atoms in total. The zero-order valence-corrected chi connectivity index (χ0v) is 9.88. The maximum atomic E-state index is 9.75. The van der Waals surface area contributed by atoms with Crippen molar-refractivity contribution in [2.45, 2.75) is 39.7 Å². The van der Waals surface area contributed by atoms with Crippen molar-refractivity contribution in [1.82, 2.24) is 0 Å². The molecular weight excluding hydrogens is 184 g/mol. The molecule has 0 aliphatic rings. The van der Waals surface area contributed by atoms with Crippen molar-refractivity contribution in [1.29, 1.82) is 0 Å². The minimum absolute atomic E-state index is 0.303. The smallest absolute Gasteiger partial charge is 0.0615 e. The Kier molecular flexibility index (Phi) is 4.10. The summed E-state index contributed by atoms with van der Waals surface area (Å²) in [5.74, 6) is 0. The van der Waals surface area contributed by atoms with Gasteiger partial charge in [0.15, 0.2) is 0 Å². The van der Waals surface area contributed by atoms with Crippen LogP contribution in [0.15, 0.2) is 24.8 Å². The average Bonchev–Trinajstić information content (AvgIpc) is 2.11. The Hall–Kier alpha value is -1.08. The van der Waals surface area contributed by atoms with Gasteiger partial charge in [-0.15, -0.1) is 6.58 Å². The van der Waals surface area contributed by atoms with E-state index in [1.807, 2.05) is 0 Å². The molecule has 1 heteroatoms. The second-order valence-electron chi connectivity index (χ2n) is 4.26. The van der Waals surface area contributed by atoms with Crippen LogP contribution in [0.5, 0.6) is 0 Å². The number of aliphatic hydroxyl groups is 1. The molecule has 0 heterocycles. The Balaban J connectivity index is 2.89. The standard InChI is InChI=1S/C14H20O/c1-5-6-13(15)9-14-11(3)7-10(2)8-12(14)4/h5,7-8,13,15H,1,6,9H2,2-4H3. The molecule has 1 aromatic rings. The van der Waals surface area contributed by atoms with E-state index in [-0.39, 0.29) is 6.10 Å². The van der Waals surface area contributed by atoms with Gasteiger partial charge >= 0.3 is 0 Å². The van der Waals surface area contributed by atoms with E-state index in [1.165, 1.54) is 22.3 Å². The molecule has 1 rings (SSSR count). The zero-order valence-electron chi connectivity index (χ0n) is 9.88. The molecule has 82 valence electrons. The van der Waals surface area contributed by atoms with E-state index in [0.717, 1.165) is 6.42 Å². The first-order valence-electron chi connectivity index (χ1n) is 5.40. The van der Waals surface area contributed by atoms with Gasteiger partial charge in [-0.05, 0) is 50.3 Å². The molecule has 1 N–H and O–H groups in total. The van der Waals surface area contributed by atoms with Gasteiger partial charge in [-0.1, -0.05) is 23.8 Å². The van der Waals surface area contributed by atoms with Crippen molar-refractivity contribution < 1.29 is 5.11 Å². The molecule has 0 bridgehead atoms. The van der Waals surface area contributed by atoms with E-state index in [1.54, 1.807) is 6.08 Å². The summed E-state index contributed by atoms with van der Waals surface area (Å²) in [6.45, 7) is 9.96. The molecular formula is C14H20O. The highest BCUT2D eigenvalue weighted by Crippen LogP contribution is 2.18. The second-order valence-corrected chi connectivity index (χ2v) is 4.26. The van der Waals surface area contributed by atoms with Crippen LogP contribution >= 0.6 is 0 Å². The first kappa shape index (κ1) is 12.0. The molecule has 0 fully saturated rings. The fourth-order valence-electron chi connectivity index (χ4n) is 2.04. The Morgan fingerprint density at radius 3 is 2.27 bits per heavy atom. The lowest BCUT2D eigenvalue weighted by molar-refractivity contribution is 0.178. The third kappa shape index (κ3) is 3.21. The molecule has 0 aliphatic carbocycles. The number of rotatable bonds is 4. The van der Waals surface area contributed by atoms with Crippen molar-refractivity contribution in [2.24, 2.45) is 0 Å². The van der Waals surface area contributed by atoms with Gasteiger partial charge in [0.05, 0.1) is 6.10 Å². The van der Waals surface area contributed by atoms with E-state index >= 15 is 0 Å². The fraction of sp³-hybridized carbons (Fsp3) is 0.429. The van der Waals surface area contributed by atoms with Gasteiger partial charge in [0.1, 0.15) is 0 Å². The SMILES string of the molecule is C=CCC(O)Cc1c(C)cc(C)cc1C. The van der Waals surface area contributed by atoms with Crippen molar-refractivity contribution in [3.8, 4) is 0 Å². The monoisotopic (exact) mass is 204 g/mol. The number of benzene rings is 1. The molecule has 0 aromatic heterocycles. The lowest BCUT2D eigenvalue weighted by Gasteiger charge is -2.14. The Morgan fingerprint density at radius 2 is 1.80 bits per heavy atom. The van der Waals surface area contributed by atoms with Crippen LogP contribution in [0.25, 0.3) is 0 Å². The summed E-state index contributed by atoms with van der Waals surface area (Å²) in [7, 11) is 0. The highest BCUT2D eigenvalue weighted by Gasteiger charge is 2.08. The molecule has 0 saturated carbocycles. The van der Waals surface area contributed by atoms with Crippen molar-refractivity contribution >= 4 is 0 Å². The van der Waals surface area contributed by atoms with Gasteiger partial charge in [0.2, 0.25) is 0 Å². The van der Waals surface area contributed by atoms with Crippen LogP contribution in [-0.2, 0) is 6.42 Å². The zero-order chi connectivity index (χ0) is 11.4. The highest BCUT2D eigenvalue weighted by molar-refractivity contribution is 5.37. The van der Waals surface area contributed by atoms with Gasteiger partial charge in [-0.2, -0.15) is 0 Å². The first-order chi connectivity index (χ1) is 7.04. The largest absolute Gasteiger partial charge is 0.392 e. The lowest BCUT2D eigenvalue weighted by Crippen LogP contribution is -2.11. The molecule has 0 saturated heterocycles. The van der Waals surface area contributed by atoms with Gasteiger partial charge in [0.25, 0.3) is 0 Å². The summed E-state index contributed by atoms with van der Waals surface area (Å²) in [6, 6.07) is 4.34. The molecule has 1 atom stereocenters. The maximum Gasteiger partial charge on any atom is 0.0615 e. The third-order valence-corrected chi connectivity index (χ3v) is 2.72. The van der Waals surface area contributed by atoms with Crippen LogP contribution in [0.1, 0.15) is 28.7 Å². The van der Waals surface area contributed by atoms with Crippen LogP contribution in [0.4, 0.5) is 0 Å². The number of aryl methyl sites for hydroxylation is 3. The summed E-state index contributed by atoms with van der Waals surface area (Å²) < 4.78 is 0. The van der Waals surface area contributed by atoms with Crippen LogP contribution in [0, 0.1) is 20.8 Å². The van der Waals surface area contributed by atoms with Crippen molar-refractivity contribution in [3.63, 3.8) is 0 Å². The van der Waals surface area contributed by atoms with Crippen LogP contribution in [0.2, 0.25) is 0 Å². The molecule has 0 spiro atoms.